The number of nitrogens with one attached hydrogen (secondary N) is 1. The van der Waals surface area contributed by atoms with Crippen molar-refractivity contribution in [1.29, 1.82) is 0 Å². The summed E-state index contributed by atoms with van der Waals surface area (Å²) < 4.78 is 5.24. The second-order valence-electron chi connectivity index (χ2n) is 7.53. The molecular formula is C15H31NO3. The highest BCUT2D eigenvalue weighted by Gasteiger charge is 2.24. The number of hydrogen-bond donors (Lipinski definition) is 2. The number of hydrogen-bond acceptors (Lipinski definition) is 3. The van der Waals surface area contributed by atoms with Crippen molar-refractivity contribution in [2.45, 2.75) is 90.9 Å². The van der Waals surface area contributed by atoms with Gasteiger partial charge >= 0.3 is 6.09 Å². The Bertz CT molecular complexity index is 285. The van der Waals surface area contributed by atoms with Gasteiger partial charge in [-0.2, -0.15) is 0 Å². The molecule has 0 atom stereocenters. The molecule has 0 aromatic heterocycles. The molecule has 0 saturated heterocycles. The molecule has 0 aliphatic heterocycles. The van der Waals surface area contributed by atoms with Crippen LogP contribution in [-0.2, 0) is 4.74 Å². The van der Waals surface area contributed by atoms with Crippen LogP contribution in [0, 0.1) is 0 Å². The molecule has 0 aliphatic carbocycles. The van der Waals surface area contributed by atoms with E-state index in [4.69, 9.17) is 4.74 Å². The average molecular weight is 273 g/mol. The molecule has 0 radical (unpaired) electrons. The van der Waals surface area contributed by atoms with Gasteiger partial charge in [0.1, 0.15) is 5.60 Å². The van der Waals surface area contributed by atoms with Crippen LogP contribution in [0.3, 0.4) is 0 Å². The predicted octanol–water partition coefficient (Wildman–Crippen LogP) is 3.62. The highest BCUT2D eigenvalue weighted by Crippen LogP contribution is 2.18. The highest BCUT2D eigenvalue weighted by molar-refractivity contribution is 5.68. The zero-order valence-electron chi connectivity index (χ0n) is 13.6. The van der Waals surface area contributed by atoms with Crippen LogP contribution in [0.4, 0.5) is 4.79 Å². The summed E-state index contributed by atoms with van der Waals surface area (Å²) in [5, 5.41) is 12.5. The third-order valence-corrected chi connectivity index (χ3v) is 2.68. The maximum Gasteiger partial charge on any atom is 0.408 e. The van der Waals surface area contributed by atoms with Gasteiger partial charge in [-0.25, -0.2) is 4.79 Å². The van der Waals surface area contributed by atoms with E-state index in [0.717, 1.165) is 25.7 Å². The molecule has 19 heavy (non-hydrogen) atoms. The van der Waals surface area contributed by atoms with Gasteiger partial charge in [-0.3, -0.25) is 0 Å². The second kappa shape index (κ2) is 6.60. The lowest BCUT2D eigenvalue weighted by molar-refractivity contribution is 0.0459. The Balaban J connectivity index is 4.01. The summed E-state index contributed by atoms with van der Waals surface area (Å²) in [7, 11) is 0. The van der Waals surface area contributed by atoms with Gasteiger partial charge in [0.15, 0.2) is 0 Å². The van der Waals surface area contributed by atoms with Crippen molar-refractivity contribution in [3.63, 3.8) is 0 Å². The van der Waals surface area contributed by atoms with E-state index in [-0.39, 0.29) is 11.6 Å². The molecule has 0 bridgehead atoms. The average Bonchev–Trinajstić information content (AvgIpc) is 2.06. The lowest BCUT2D eigenvalue weighted by atomic mass is 9.94. The number of carbonyl (C=O) groups excluding carboxylic acids is 1. The fraction of sp³-hybridized carbons (Fsp3) is 0.933. The van der Waals surface area contributed by atoms with Gasteiger partial charge in [0, 0.05) is 5.54 Å². The molecule has 0 spiro atoms. The van der Waals surface area contributed by atoms with Crippen LogP contribution in [0.5, 0.6) is 0 Å². The maximum atomic E-state index is 11.7. The number of carbonyl (C=O) groups is 1. The highest BCUT2D eigenvalue weighted by atomic mass is 16.6. The van der Waals surface area contributed by atoms with Crippen molar-refractivity contribution in [2.24, 2.45) is 0 Å². The first kappa shape index (κ1) is 18.2. The van der Waals surface area contributed by atoms with Gasteiger partial charge in [-0.15, -0.1) is 0 Å². The molecular weight excluding hydrogens is 242 g/mol. The predicted molar refractivity (Wildman–Crippen MR) is 78.2 cm³/mol. The fourth-order valence-corrected chi connectivity index (χ4v) is 1.77. The van der Waals surface area contributed by atoms with E-state index in [1.807, 2.05) is 48.5 Å². The number of ether oxygens (including phenoxy) is 1. The van der Waals surface area contributed by atoms with E-state index in [9.17, 15) is 9.90 Å². The minimum absolute atomic E-state index is 0.290. The number of alkyl carbamates (subject to hydrolysis) is 1. The Morgan fingerprint density at radius 2 is 1.47 bits per heavy atom. The largest absolute Gasteiger partial charge is 0.444 e. The fourth-order valence-electron chi connectivity index (χ4n) is 1.77. The third-order valence-electron chi connectivity index (χ3n) is 2.68. The van der Waals surface area contributed by atoms with E-state index < -0.39 is 11.2 Å². The quantitative estimate of drug-likeness (QED) is 0.727. The van der Waals surface area contributed by atoms with E-state index in [1.165, 1.54) is 0 Å². The third kappa shape index (κ3) is 12.0. The molecule has 2 N–H and O–H groups in total. The van der Waals surface area contributed by atoms with Crippen molar-refractivity contribution >= 4 is 6.09 Å². The maximum absolute atomic E-state index is 11.7. The molecule has 0 aromatic rings. The van der Waals surface area contributed by atoms with Crippen LogP contribution in [0.1, 0.15) is 74.1 Å². The van der Waals surface area contributed by atoms with E-state index in [0.29, 0.717) is 0 Å². The summed E-state index contributed by atoms with van der Waals surface area (Å²) in [6.45, 7) is 13.2. The van der Waals surface area contributed by atoms with Gasteiger partial charge in [0.25, 0.3) is 0 Å². The summed E-state index contributed by atoms with van der Waals surface area (Å²) >= 11 is 0. The first-order valence-electron chi connectivity index (χ1n) is 7.04. The first-order chi connectivity index (χ1) is 8.31. The molecule has 1 amide bonds. The molecule has 0 saturated carbocycles. The summed E-state index contributed by atoms with van der Waals surface area (Å²) in [5.74, 6) is 0. The van der Waals surface area contributed by atoms with Crippen LogP contribution in [0.2, 0.25) is 0 Å². The zero-order valence-corrected chi connectivity index (χ0v) is 13.6. The SMILES string of the molecule is CC(C)(O)CCCCC(C)(C)NC(=O)OC(C)(C)C. The number of amides is 1. The Morgan fingerprint density at radius 3 is 1.89 bits per heavy atom. The topological polar surface area (TPSA) is 58.6 Å². The second-order valence-corrected chi connectivity index (χ2v) is 7.53. The summed E-state index contributed by atoms with van der Waals surface area (Å²) in [6, 6.07) is 0. The van der Waals surface area contributed by atoms with Gasteiger partial charge in [0.2, 0.25) is 0 Å². The van der Waals surface area contributed by atoms with E-state index in [2.05, 4.69) is 5.32 Å². The summed E-state index contributed by atoms with van der Waals surface area (Å²) in [5.41, 5.74) is -1.37. The van der Waals surface area contributed by atoms with Gasteiger partial charge < -0.3 is 15.2 Å². The van der Waals surface area contributed by atoms with Crippen LogP contribution in [-0.4, -0.2) is 27.9 Å². The van der Waals surface area contributed by atoms with Crippen LogP contribution in [0.25, 0.3) is 0 Å². The smallest absolute Gasteiger partial charge is 0.408 e. The molecule has 0 aromatic carbocycles. The molecule has 0 unspecified atom stereocenters. The number of unbranched alkanes of at least 4 members (excludes halogenated alkanes) is 1. The van der Waals surface area contributed by atoms with Gasteiger partial charge in [0.05, 0.1) is 5.60 Å². The minimum atomic E-state index is -0.608. The van der Waals surface area contributed by atoms with Crippen molar-refractivity contribution in [1.82, 2.24) is 5.32 Å². The van der Waals surface area contributed by atoms with Crippen LogP contribution >= 0.6 is 0 Å². The summed E-state index contributed by atoms with van der Waals surface area (Å²) in [6.07, 6.45) is 3.17. The molecule has 0 rings (SSSR count). The van der Waals surface area contributed by atoms with Crippen molar-refractivity contribution < 1.29 is 14.6 Å². The van der Waals surface area contributed by atoms with Crippen molar-refractivity contribution in [3.05, 3.63) is 0 Å². The Morgan fingerprint density at radius 1 is 1.00 bits per heavy atom. The molecule has 114 valence electrons. The van der Waals surface area contributed by atoms with Crippen molar-refractivity contribution in [2.75, 3.05) is 0 Å². The molecule has 4 nitrogen and oxygen atoms in total. The Hall–Kier alpha value is -0.770. The normalized spacial score (nSPS) is 13.3. The monoisotopic (exact) mass is 273 g/mol. The minimum Gasteiger partial charge on any atom is -0.444 e. The zero-order chi connectivity index (χ0) is 15.3. The molecule has 0 aliphatic rings. The molecule has 0 fully saturated rings. The lowest BCUT2D eigenvalue weighted by Crippen LogP contribution is -2.45. The lowest BCUT2D eigenvalue weighted by Gasteiger charge is -2.29. The standard InChI is InChI=1S/C15H31NO3/c1-13(2,3)19-12(17)16-14(4,5)10-8-9-11-15(6,7)18/h18H,8-11H2,1-7H3,(H,16,17). The number of aliphatic hydroxyl groups is 1. The van der Waals surface area contributed by atoms with E-state index >= 15 is 0 Å². The van der Waals surface area contributed by atoms with E-state index in [1.54, 1.807) is 0 Å². The summed E-state index contributed by atoms with van der Waals surface area (Å²) in [4.78, 5) is 11.7. The van der Waals surface area contributed by atoms with Crippen molar-refractivity contribution in [3.8, 4) is 0 Å². The van der Waals surface area contributed by atoms with Gasteiger partial charge in [-0.1, -0.05) is 12.8 Å². The van der Waals surface area contributed by atoms with Crippen LogP contribution in [0.15, 0.2) is 0 Å². The molecule has 0 heterocycles. The number of rotatable bonds is 6. The van der Waals surface area contributed by atoms with Crippen LogP contribution < -0.4 is 5.32 Å². The molecule has 4 heteroatoms. The Labute approximate surface area is 117 Å². The first-order valence-corrected chi connectivity index (χ1v) is 7.04. The van der Waals surface area contributed by atoms with Gasteiger partial charge in [-0.05, 0) is 61.3 Å². The Kier molecular flexibility index (Phi) is 6.33.